The molecule has 0 aliphatic carbocycles. The molecule has 2 aromatic rings. The standard InChI is InChI=1S/C21H24N2O5/c1-15-6-5-7-16(10-15)11-17(21(26)27)12-22-19(24)13-23-20(25)14-28-18-8-3-2-4-9-18/h2-10,17H,11-14H2,1H3,(H,22,24)(H,23,25)(H,26,27). The summed E-state index contributed by atoms with van der Waals surface area (Å²) in [5.74, 6) is -2.07. The fourth-order valence-electron chi connectivity index (χ4n) is 2.57. The van der Waals surface area contributed by atoms with Gasteiger partial charge in [-0.3, -0.25) is 14.4 Å². The van der Waals surface area contributed by atoms with Crippen LogP contribution in [0.5, 0.6) is 5.75 Å². The molecule has 3 N–H and O–H groups in total. The van der Waals surface area contributed by atoms with Gasteiger partial charge in [-0.15, -0.1) is 0 Å². The van der Waals surface area contributed by atoms with E-state index in [2.05, 4.69) is 10.6 Å². The van der Waals surface area contributed by atoms with Crippen molar-refractivity contribution in [2.75, 3.05) is 19.7 Å². The normalized spacial score (nSPS) is 11.3. The Labute approximate surface area is 163 Å². The van der Waals surface area contributed by atoms with Gasteiger partial charge in [-0.1, -0.05) is 48.0 Å². The molecule has 0 bridgehead atoms. The van der Waals surface area contributed by atoms with Gasteiger partial charge in [0.2, 0.25) is 5.91 Å². The largest absolute Gasteiger partial charge is 0.484 e. The highest BCUT2D eigenvalue weighted by Crippen LogP contribution is 2.11. The molecule has 2 aromatic carbocycles. The average molecular weight is 384 g/mol. The molecule has 0 radical (unpaired) electrons. The zero-order valence-electron chi connectivity index (χ0n) is 15.7. The van der Waals surface area contributed by atoms with Crippen LogP contribution in [0.2, 0.25) is 0 Å². The Morgan fingerprint density at radius 3 is 2.43 bits per heavy atom. The van der Waals surface area contributed by atoms with Gasteiger partial charge in [0.1, 0.15) is 5.75 Å². The van der Waals surface area contributed by atoms with Crippen molar-refractivity contribution in [3.63, 3.8) is 0 Å². The second-order valence-electron chi connectivity index (χ2n) is 6.41. The minimum atomic E-state index is -0.984. The molecule has 0 saturated heterocycles. The summed E-state index contributed by atoms with van der Waals surface area (Å²) in [5, 5.41) is 14.4. The summed E-state index contributed by atoms with van der Waals surface area (Å²) >= 11 is 0. The average Bonchev–Trinajstić information content (AvgIpc) is 2.68. The number of para-hydroxylation sites is 1. The number of ether oxygens (including phenoxy) is 1. The van der Waals surface area contributed by atoms with Gasteiger partial charge in [0.05, 0.1) is 12.5 Å². The molecule has 7 nitrogen and oxygen atoms in total. The van der Waals surface area contributed by atoms with E-state index in [1.807, 2.05) is 37.3 Å². The van der Waals surface area contributed by atoms with Crippen LogP contribution in [0.3, 0.4) is 0 Å². The lowest BCUT2D eigenvalue weighted by atomic mass is 9.98. The molecule has 0 saturated carbocycles. The van der Waals surface area contributed by atoms with Crippen LogP contribution in [-0.4, -0.2) is 42.6 Å². The van der Waals surface area contributed by atoms with E-state index < -0.39 is 23.7 Å². The lowest BCUT2D eigenvalue weighted by Crippen LogP contribution is -2.41. The lowest BCUT2D eigenvalue weighted by Gasteiger charge is -2.14. The van der Waals surface area contributed by atoms with Crippen LogP contribution in [0.4, 0.5) is 0 Å². The first-order chi connectivity index (χ1) is 13.4. The molecule has 0 fully saturated rings. The predicted octanol–water partition coefficient (Wildman–Crippen LogP) is 1.55. The number of carbonyl (C=O) groups is 3. The number of hydrogen-bond acceptors (Lipinski definition) is 4. The summed E-state index contributed by atoms with van der Waals surface area (Å²) in [6, 6.07) is 16.4. The van der Waals surface area contributed by atoms with E-state index in [0.717, 1.165) is 11.1 Å². The third-order valence-corrected chi connectivity index (χ3v) is 4.02. The van der Waals surface area contributed by atoms with E-state index in [9.17, 15) is 19.5 Å². The number of nitrogens with one attached hydrogen (secondary N) is 2. The Bertz CT molecular complexity index is 807. The number of amides is 2. The fourth-order valence-corrected chi connectivity index (χ4v) is 2.57. The Hall–Kier alpha value is -3.35. The minimum Gasteiger partial charge on any atom is -0.484 e. The van der Waals surface area contributed by atoms with Crippen molar-refractivity contribution < 1.29 is 24.2 Å². The van der Waals surface area contributed by atoms with E-state index in [1.165, 1.54) is 0 Å². The van der Waals surface area contributed by atoms with Gasteiger partial charge in [-0.25, -0.2) is 0 Å². The number of benzene rings is 2. The third kappa shape index (κ3) is 7.49. The Kier molecular flexibility index (Phi) is 8.02. The number of hydrogen-bond donors (Lipinski definition) is 3. The topological polar surface area (TPSA) is 105 Å². The summed E-state index contributed by atoms with van der Waals surface area (Å²) < 4.78 is 5.28. The summed E-state index contributed by atoms with van der Waals surface area (Å²) in [7, 11) is 0. The highest BCUT2D eigenvalue weighted by Gasteiger charge is 2.19. The van der Waals surface area contributed by atoms with Gasteiger partial charge < -0.3 is 20.5 Å². The maximum Gasteiger partial charge on any atom is 0.308 e. The summed E-state index contributed by atoms with van der Waals surface area (Å²) in [5.41, 5.74) is 1.94. The molecule has 7 heteroatoms. The fraction of sp³-hybridized carbons (Fsp3) is 0.286. The minimum absolute atomic E-state index is 0.0154. The van der Waals surface area contributed by atoms with Crippen molar-refractivity contribution in [3.8, 4) is 5.75 Å². The molecule has 148 valence electrons. The zero-order chi connectivity index (χ0) is 20.4. The number of carboxylic acids is 1. The van der Waals surface area contributed by atoms with E-state index in [0.29, 0.717) is 12.2 Å². The van der Waals surface area contributed by atoms with E-state index in [1.54, 1.807) is 24.3 Å². The molecule has 28 heavy (non-hydrogen) atoms. The molecular weight excluding hydrogens is 360 g/mol. The quantitative estimate of drug-likeness (QED) is 0.576. The van der Waals surface area contributed by atoms with E-state index >= 15 is 0 Å². The van der Waals surface area contributed by atoms with E-state index in [4.69, 9.17) is 4.74 Å². The number of aliphatic carboxylic acids is 1. The highest BCUT2D eigenvalue weighted by atomic mass is 16.5. The van der Waals surface area contributed by atoms with Crippen molar-refractivity contribution in [2.24, 2.45) is 5.92 Å². The molecule has 2 rings (SSSR count). The molecule has 0 spiro atoms. The molecule has 0 aromatic heterocycles. The number of rotatable bonds is 10. The first-order valence-electron chi connectivity index (χ1n) is 8.93. The second kappa shape index (κ2) is 10.7. The van der Waals surface area contributed by atoms with Crippen LogP contribution in [-0.2, 0) is 20.8 Å². The van der Waals surface area contributed by atoms with Crippen molar-refractivity contribution in [3.05, 3.63) is 65.7 Å². The Morgan fingerprint density at radius 1 is 1.00 bits per heavy atom. The number of aryl methyl sites for hydroxylation is 1. The molecule has 0 aliphatic rings. The summed E-state index contributed by atoms with van der Waals surface area (Å²) in [6.07, 6.45) is 0.314. The van der Waals surface area contributed by atoms with Crippen LogP contribution in [0.25, 0.3) is 0 Å². The molecule has 1 unspecified atom stereocenters. The van der Waals surface area contributed by atoms with Crippen LogP contribution in [0.15, 0.2) is 54.6 Å². The monoisotopic (exact) mass is 384 g/mol. The van der Waals surface area contributed by atoms with Crippen LogP contribution in [0.1, 0.15) is 11.1 Å². The van der Waals surface area contributed by atoms with Crippen LogP contribution >= 0.6 is 0 Å². The van der Waals surface area contributed by atoms with Crippen molar-refractivity contribution in [1.82, 2.24) is 10.6 Å². The van der Waals surface area contributed by atoms with Gasteiger partial charge in [0, 0.05) is 6.54 Å². The lowest BCUT2D eigenvalue weighted by molar-refractivity contribution is -0.141. The van der Waals surface area contributed by atoms with Gasteiger partial charge in [0.15, 0.2) is 6.61 Å². The SMILES string of the molecule is Cc1cccc(CC(CNC(=O)CNC(=O)COc2ccccc2)C(=O)O)c1. The van der Waals surface area contributed by atoms with Gasteiger partial charge >= 0.3 is 5.97 Å². The predicted molar refractivity (Wildman–Crippen MR) is 104 cm³/mol. The van der Waals surface area contributed by atoms with Crippen LogP contribution < -0.4 is 15.4 Å². The first kappa shape index (κ1) is 21.0. The molecular formula is C21H24N2O5. The van der Waals surface area contributed by atoms with Gasteiger partial charge in [0.25, 0.3) is 5.91 Å². The molecule has 2 amide bonds. The smallest absolute Gasteiger partial charge is 0.308 e. The maximum atomic E-state index is 11.9. The Morgan fingerprint density at radius 2 is 1.75 bits per heavy atom. The second-order valence-corrected chi connectivity index (χ2v) is 6.41. The highest BCUT2D eigenvalue weighted by molar-refractivity contribution is 5.85. The molecule has 1 atom stereocenters. The van der Waals surface area contributed by atoms with Gasteiger partial charge in [-0.05, 0) is 31.0 Å². The summed E-state index contributed by atoms with van der Waals surface area (Å²) in [6.45, 7) is 1.47. The maximum absolute atomic E-state index is 11.9. The number of carboxylic acid groups (broad SMARTS) is 1. The van der Waals surface area contributed by atoms with E-state index in [-0.39, 0.29) is 19.7 Å². The third-order valence-electron chi connectivity index (χ3n) is 4.02. The summed E-state index contributed by atoms with van der Waals surface area (Å²) in [4.78, 5) is 35.1. The van der Waals surface area contributed by atoms with Crippen LogP contribution in [0, 0.1) is 12.8 Å². The molecule has 0 aliphatic heterocycles. The zero-order valence-corrected chi connectivity index (χ0v) is 15.7. The molecule has 0 heterocycles. The van der Waals surface area contributed by atoms with Crippen molar-refractivity contribution in [2.45, 2.75) is 13.3 Å². The Balaban J connectivity index is 1.72. The first-order valence-corrected chi connectivity index (χ1v) is 8.93. The number of carbonyl (C=O) groups excluding carboxylic acids is 2. The van der Waals surface area contributed by atoms with Gasteiger partial charge in [-0.2, -0.15) is 0 Å². The van der Waals surface area contributed by atoms with Crippen molar-refractivity contribution >= 4 is 17.8 Å². The van der Waals surface area contributed by atoms with Crippen molar-refractivity contribution in [1.29, 1.82) is 0 Å².